The third-order valence-corrected chi connectivity index (χ3v) is 4.66. The van der Waals surface area contributed by atoms with Gasteiger partial charge in [-0.25, -0.2) is 9.18 Å². The summed E-state index contributed by atoms with van der Waals surface area (Å²) in [6, 6.07) is 4.69. The van der Waals surface area contributed by atoms with Crippen molar-refractivity contribution in [2.75, 3.05) is 39.4 Å². The molecule has 0 bridgehead atoms. The summed E-state index contributed by atoms with van der Waals surface area (Å²) in [7, 11) is 0. The highest BCUT2D eigenvalue weighted by Gasteiger charge is 2.39. The fourth-order valence-corrected chi connectivity index (χ4v) is 3.07. The number of halogens is 1. The van der Waals surface area contributed by atoms with Crippen LogP contribution in [0, 0.1) is 11.7 Å². The van der Waals surface area contributed by atoms with Gasteiger partial charge in [0.05, 0.1) is 19.8 Å². The van der Waals surface area contributed by atoms with E-state index >= 15 is 0 Å². The van der Waals surface area contributed by atoms with E-state index in [4.69, 9.17) is 4.74 Å². The highest BCUT2D eigenvalue weighted by molar-refractivity contribution is 6.23. The summed E-state index contributed by atoms with van der Waals surface area (Å²) in [4.78, 5) is 44.1. The van der Waals surface area contributed by atoms with E-state index in [0.717, 1.165) is 44.2 Å². The van der Waals surface area contributed by atoms with Gasteiger partial charge in [0.2, 0.25) is 11.8 Å². The van der Waals surface area contributed by atoms with E-state index in [-0.39, 0.29) is 6.54 Å². The second-order valence-corrected chi connectivity index (χ2v) is 6.69. The van der Waals surface area contributed by atoms with Crippen LogP contribution in [0.25, 0.3) is 0 Å². The first kappa shape index (κ1) is 20.1. The van der Waals surface area contributed by atoms with Gasteiger partial charge >= 0.3 is 6.03 Å². The molecule has 1 aromatic rings. The maximum Gasteiger partial charge on any atom is 0.331 e. The van der Waals surface area contributed by atoms with E-state index in [0.29, 0.717) is 12.1 Å². The van der Waals surface area contributed by atoms with E-state index in [1.165, 1.54) is 30.5 Å². The van der Waals surface area contributed by atoms with Crippen molar-refractivity contribution >= 4 is 24.1 Å². The summed E-state index contributed by atoms with van der Waals surface area (Å²) in [6.45, 7) is 4.58. The zero-order chi connectivity index (χ0) is 19.9. The summed E-state index contributed by atoms with van der Waals surface area (Å²) in [5, 5.41) is 2.17. The van der Waals surface area contributed by atoms with E-state index in [1.54, 1.807) is 0 Å². The Morgan fingerprint density at radius 3 is 2.61 bits per heavy atom. The Bertz CT molecular complexity index is 747. The van der Waals surface area contributed by atoms with Gasteiger partial charge in [-0.15, -0.1) is 0 Å². The largest absolute Gasteiger partial charge is 0.379 e. The number of barbiturate groups is 1. The van der Waals surface area contributed by atoms with E-state index in [9.17, 15) is 18.8 Å². The summed E-state index contributed by atoms with van der Waals surface area (Å²) in [5.41, 5.74) is 0.584. The Morgan fingerprint density at radius 2 is 1.89 bits per heavy atom. The smallest absolute Gasteiger partial charge is 0.331 e. The van der Waals surface area contributed by atoms with Gasteiger partial charge in [-0.1, -0.05) is 12.1 Å². The minimum Gasteiger partial charge on any atom is -0.379 e. The molecule has 0 aromatic heterocycles. The topological polar surface area (TPSA) is 91.3 Å². The molecule has 0 unspecified atom stereocenters. The van der Waals surface area contributed by atoms with Crippen molar-refractivity contribution in [3.8, 4) is 0 Å². The van der Waals surface area contributed by atoms with Crippen molar-refractivity contribution in [1.82, 2.24) is 15.1 Å². The first-order valence-corrected chi connectivity index (χ1v) is 9.25. The predicted molar refractivity (Wildman–Crippen MR) is 99.2 cm³/mol. The number of nitrogens with one attached hydrogen (secondary N) is 1. The van der Waals surface area contributed by atoms with Gasteiger partial charge in [0, 0.05) is 32.4 Å². The second kappa shape index (κ2) is 9.52. The van der Waals surface area contributed by atoms with Crippen LogP contribution < -0.4 is 5.32 Å². The molecule has 28 heavy (non-hydrogen) atoms. The summed E-state index contributed by atoms with van der Waals surface area (Å²) in [6.07, 6.45) is 2.11. The first-order valence-electron chi connectivity index (χ1n) is 9.25. The normalized spacial score (nSPS) is 21.4. The number of hydrogen-bond donors (Lipinski definition) is 1. The molecule has 0 spiro atoms. The molecule has 150 valence electrons. The van der Waals surface area contributed by atoms with Gasteiger partial charge in [-0.3, -0.25) is 29.7 Å². The molecule has 9 heteroatoms. The molecule has 0 aliphatic carbocycles. The number of hydrogen-bond acceptors (Lipinski definition) is 6. The number of morpholine rings is 1. The zero-order valence-corrected chi connectivity index (χ0v) is 15.5. The van der Waals surface area contributed by atoms with Crippen LogP contribution in [-0.2, 0) is 20.9 Å². The quantitative estimate of drug-likeness (QED) is 0.423. The number of ether oxygens (including phenoxy) is 1. The molecule has 3 rings (SSSR count). The number of carbonyl (C=O) groups excluding carboxylic acids is 3. The lowest BCUT2D eigenvalue weighted by molar-refractivity contribution is -0.139. The van der Waals surface area contributed by atoms with Gasteiger partial charge in [-0.2, -0.15) is 0 Å². The van der Waals surface area contributed by atoms with Gasteiger partial charge in [0.25, 0.3) is 0 Å². The van der Waals surface area contributed by atoms with Crippen molar-refractivity contribution < 1.29 is 23.5 Å². The van der Waals surface area contributed by atoms with Crippen LogP contribution in [0.2, 0.25) is 0 Å². The third-order valence-electron chi connectivity index (χ3n) is 4.66. The predicted octanol–water partition coefficient (Wildman–Crippen LogP) is 0.813. The molecular formula is C19H23FN4O4. The van der Waals surface area contributed by atoms with E-state index < -0.39 is 29.6 Å². The summed E-state index contributed by atoms with van der Waals surface area (Å²) >= 11 is 0. The maximum absolute atomic E-state index is 13.0. The molecule has 8 nitrogen and oxygen atoms in total. The maximum atomic E-state index is 13.0. The molecule has 1 atom stereocenters. The van der Waals surface area contributed by atoms with Gasteiger partial charge in [0.1, 0.15) is 5.82 Å². The molecule has 0 saturated carbocycles. The number of nitrogens with zero attached hydrogens (tertiary/aromatic N) is 3. The van der Waals surface area contributed by atoms with Crippen molar-refractivity contribution in [3.05, 3.63) is 35.6 Å². The molecule has 1 N–H and O–H groups in total. The number of carbonyl (C=O) groups is 3. The molecule has 1 aromatic carbocycles. The SMILES string of the molecule is O=C1NC(=O)N(Cc2ccc(F)cc2)C(=O)[C@@H]1C=NCCCN1CCOCC1. The van der Waals surface area contributed by atoms with Crippen LogP contribution in [0.15, 0.2) is 29.3 Å². The van der Waals surface area contributed by atoms with Gasteiger partial charge in [-0.05, 0) is 24.1 Å². The minimum absolute atomic E-state index is 0.0421. The fourth-order valence-electron chi connectivity index (χ4n) is 3.07. The monoisotopic (exact) mass is 390 g/mol. The van der Waals surface area contributed by atoms with Gasteiger partial charge in [0.15, 0.2) is 5.92 Å². The Morgan fingerprint density at radius 1 is 1.18 bits per heavy atom. The van der Waals surface area contributed by atoms with Crippen LogP contribution in [0.1, 0.15) is 12.0 Å². The van der Waals surface area contributed by atoms with Crippen molar-refractivity contribution in [1.29, 1.82) is 0 Å². The van der Waals surface area contributed by atoms with Crippen LogP contribution in [0.5, 0.6) is 0 Å². The molecule has 4 amide bonds. The second-order valence-electron chi connectivity index (χ2n) is 6.69. The molecular weight excluding hydrogens is 367 g/mol. The lowest BCUT2D eigenvalue weighted by Crippen LogP contribution is -2.57. The average molecular weight is 390 g/mol. The minimum atomic E-state index is -1.14. The Balaban J connectivity index is 1.54. The Hall–Kier alpha value is -2.65. The molecule has 2 saturated heterocycles. The van der Waals surface area contributed by atoms with Crippen LogP contribution >= 0.6 is 0 Å². The van der Waals surface area contributed by atoms with Crippen molar-refractivity contribution in [2.24, 2.45) is 10.9 Å². The van der Waals surface area contributed by atoms with Crippen LogP contribution in [-0.4, -0.2) is 73.3 Å². The molecule has 2 aliphatic rings. The number of imide groups is 2. The third kappa shape index (κ3) is 5.20. The summed E-state index contributed by atoms with van der Waals surface area (Å²) < 4.78 is 18.3. The zero-order valence-electron chi connectivity index (χ0n) is 15.5. The standard InChI is InChI=1S/C19H23FN4O4/c20-15-4-2-14(3-5-15)13-24-18(26)16(17(25)22-19(24)27)12-21-6-1-7-23-8-10-28-11-9-23/h2-5,12,16H,1,6-11,13H2,(H,22,25,27)/t16-/m1/s1. The highest BCUT2D eigenvalue weighted by atomic mass is 19.1. The van der Waals surface area contributed by atoms with Crippen LogP contribution in [0.4, 0.5) is 9.18 Å². The van der Waals surface area contributed by atoms with Crippen molar-refractivity contribution in [2.45, 2.75) is 13.0 Å². The Labute approximate surface area is 162 Å². The average Bonchev–Trinajstić information content (AvgIpc) is 2.69. The number of urea groups is 1. The highest BCUT2D eigenvalue weighted by Crippen LogP contribution is 2.14. The molecule has 2 heterocycles. The summed E-state index contributed by atoms with van der Waals surface area (Å²) in [5.74, 6) is -2.85. The Kier molecular flexibility index (Phi) is 6.83. The number of benzene rings is 1. The van der Waals surface area contributed by atoms with Gasteiger partial charge < -0.3 is 4.74 Å². The molecule has 2 aliphatic heterocycles. The number of rotatable bonds is 7. The van der Waals surface area contributed by atoms with E-state index in [2.05, 4.69) is 15.2 Å². The number of aliphatic imine (C=N–C) groups is 1. The molecule has 2 fully saturated rings. The van der Waals surface area contributed by atoms with Crippen molar-refractivity contribution in [3.63, 3.8) is 0 Å². The lowest BCUT2D eigenvalue weighted by atomic mass is 10.1. The number of amides is 4. The van der Waals surface area contributed by atoms with Crippen LogP contribution in [0.3, 0.4) is 0 Å². The fraction of sp³-hybridized carbons (Fsp3) is 0.474. The lowest BCUT2D eigenvalue weighted by Gasteiger charge is -2.28. The molecule has 0 radical (unpaired) electrons. The van der Waals surface area contributed by atoms with E-state index in [1.807, 2.05) is 0 Å². The first-order chi connectivity index (χ1) is 13.5.